The first-order valence-corrected chi connectivity index (χ1v) is 5.01. The van der Waals surface area contributed by atoms with E-state index in [0.717, 1.165) is 5.69 Å². The van der Waals surface area contributed by atoms with Gasteiger partial charge in [0, 0.05) is 17.3 Å². The summed E-state index contributed by atoms with van der Waals surface area (Å²) >= 11 is 0. The zero-order chi connectivity index (χ0) is 10.1. The zero-order valence-corrected chi connectivity index (χ0v) is 8.62. The zero-order valence-electron chi connectivity index (χ0n) is 8.62. The van der Waals surface area contributed by atoms with Crippen molar-refractivity contribution in [3.63, 3.8) is 0 Å². The van der Waals surface area contributed by atoms with E-state index in [2.05, 4.69) is 37.0 Å². The number of nitrogens with one attached hydrogen (secondary N) is 1. The predicted octanol–water partition coefficient (Wildman–Crippen LogP) is 2.82. The quantitative estimate of drug-likeness (QED) is 0.747. The second kappa shape index (κ2) is 3.46. The second-order valence-corrected chi connectivity index (χ2v) is 4.08. The third kappa shape index (κ3) is 1.53. The summed E-state index contributed by atoms with van der Waals surface area (Å²) in [4.78, 5) is 3.35. The number of nitrogens with two attached hydrogens (primary N) is 1. The van der Waals surface area contributed by atoms with Gasteiger partial charge in [-0.3, -0.25) is 0 Å². The van der Waals surface area contributed by atoms with Crippen LogP contribution in [0.3, 0.4) is 0 Å². The fourth-order valence-corrected chi connectivity index (χ4v) is 1.63. The van der Waals surface area contributed by atoms with Crippen LogP contribution in [0.2, 0.25) is 0 Å². The fraction of sp³-hybridized carbons (Fsp3) is 0.333. The van der Waals surface area contributed by atoms with Crippen molar-refractivity contribution in [3.8, 4) is 0 Å². The van der Waals surface area contributed by atoms with Crippen LogP contribution in [-0.2, 0) is 0 Å². The molecule has 0 saturated heterocycles. The Balaban J connectivity index is 2.45. The summed E-state index contributed by atoms with van der Waals surface area (Å²) in [6.45, 7) is 4.27. The van der Waals surface area contributed by atoms with Gasteiger partial charge in [-0.2, -0.15) is 0 Å². The highest BCUT2D eigenvalue weighted by Gasteiger charge is 2.12. The summed E-state index contributed by atoms with van der Waals surface area (Å²) in [6, 6.07) is 10.5. The maximum Gasteiger partial charge on any atom is 0.0471 e. The van der Waals surface area contributed by atoms with Crippen molar-refractivity contribution in [3.05, 3.63) is 36.0 Å². The van der Waals surface area contributed by atoms with E-state index in [4.69, 9.17) is 5.73 Å². The van der Waals surface area contributed by atoms with Crippen LogP contribution in [0.1, 0.15) is 25.6 Å². The van der Waals surface area contributed by atoms with Crippen molar-refractivity contribution >= 4 is 10.9 Å². The lowest BCUT2D eigenvalue weighted by molar-refractivity contribution is 0.506. The molecule has 0 aliphatic heterocycles. The molecule has 1 aromatic carbocycles. The van der Waals surface area contributed by atoms with E-state index in [9.17, 15) is 0 Å². The lowest BCUT2D eigenvalue weighted by Gasteiger charge is -2.13. The van der Waals surface area contributed by atoms with Gasteiger partial charge in [-0.05, 0) is 23.4 Å². The molecule has 0 bridgehead atoms. The first-order valence-electron chi connectivity index (χ1n) is 5.01. The molecule has 1 aromatic heterocycles. The highest BCUT2D eigenvalue weighted by molar-refractivity contribution is 5.80. The number of hydrogen-bond acceptors (Lipinski definition) is 1. The number of aromatic amines is 1. The largest absolute Gasteiger partial charge is 0.357 e. The van der Waals surface area contributed by atoms with E-state index >= 15 is 0 Å². The smallest absolute Gasteiger partial charge is 0.0471 e. The Labute approximate surface area is 84.1 Å². The Bertz CT molecular complexity index is 396. The summed E-state index contributed by atoms with van der Waals surface area (Å²) in [7, 11) is 0. The summed E-state index contributed by atoms with van der Waals surface area (Å²) in [5.74, 6) is 0.461. The van der Waals surface area contributed by atoms with Crippen molar-refractivity contribution in [1.29, 1.82) is 0 Å². The van der Waals surface area contributed by atoms with Crippen molar-refractivity contribution in [2.75, 3.05) is 0 Å². The molecular weight excluding hydrogens is 172 g/mol. The molecule has 1 heterocycles. The molecule has 1 unspecified atom stereocenters. The number of hydrogen-bond donors (Lipinski definition) is 2. The van der Waals surface area contributed by atoms with Gasteiger partial charge in [0.1, 0.15) is 0 Å². The topological polar surface area (TPSA) is 41.8 Å². The first kappa shape index (κ1) is 9.28. The molecular formula is C12H16N2. The van der Waals surface area contributed by atoms with Gasteiger partial charge in [0.15, 0.2) is 0 Å². The normalized spacial score (nSPS) is 13.7. The van der Waals surface area contributed by atoms with Crippen LogP contribution in [0, 0.1) is 5.92 Å². The molecule has 3 N–H and O–H groups in total. The lowest BCUT2D eigenvalue weighted by Crippen LogP contribution is -2.16. The molecule has 2 nitrogen and oxygen atoms in total. The SMILES string of the molecule is CC(C)C(N)c1cc2ccccc2[nH]1. The van der Waals surface area contributed by atoms with Gasteiger partial charge in [-0.15, -0.1) is 0 Å². The number of benzene rings is 1. The Kier molecular flexibility index (Phi) is 2.30. The molecule has 0 radical (unpaired) electrons. The van der Waals surface area contributed by atoms with Gasteiger partial charge >= 0.3 is 0 Å². The van der Waals surface area contributed by atoms with Crippen molar-refractivity contribution in [2.45, 2.75) is 19.9 Å². The minimum Gasteiger partial charge on any atom is -0.357 e. The van der Waals surface area contributed by atoms with Gasteiger partial charge in [0.05, 0.1) is 0 Å². The first-order chi connectivity index (χ1) is 6.68. The molecule has 0 saturated carbocycles. The van der Waals surface area contributed by atoms with Crippen LogP contribution in [0.25, 0.3) is 10.9 Å². The number of fused-ring (bicyclic) bond motifs is 1. The van der Waals surface area contributed by atoms with Crippen LogP contribution in [0.5, 0.6) is 0 Å². The monoisotopic (exact) mass is 188 g/mol. The van der Waals surface area contributed by atoms with Gasteiger partial charge in [-0.1, -0.05) is 32.0 Å². The Morgan fingerprint density at radius 3 is 2.57 bits per heavy atom. The summed E-state index contributed by atoms with van der Waals surface area (Å²) in [5, 5.41) is 1.23. The van der Waals surface area contributed by atoms with E-state index in [1.165, 1.54) is 10.9 Å². The molecule has 0 amide bonds. The molecule has 74 valence electrons. The summed E-state index contributed by atoms with van der Waals surface area (Å²) in [6.07, 6.45) is 0. The molecule has 2 aromatic rings. The van der Waals surface area contributed by atoms with Crippen molar-refractivity contribution in [2.24, 2.45) is 11.7 Å². The maximum absolute atomic E-state index is 6.07. The van der Waals surface area contributed by atoms with Crippen LogP contribution in [-0.4, -0.2) is 4.98 Å². The van der Waals surface area contributed by atoms with Gasteiger partial charge in [0.2, 0.25) is 0 Å². The summed E-state index contributed by atoms with van der Waals surface area (Å²) in [5.41, 5.74) is 8.36. The van der Waals surface area contributed by atoms with Crippen molar-refractivity contribution in [1.82, 2.24) is 4.98 Å². The Morgan fingerprint density at radius 2 is 1.93 bits per heavy atom. The average molecular weight is 188 g/mol. The van der Waals surface area contributed by atoms with Gasteiger partial charge < -0.3 is 10.7 Å². The molecule has 0 spiro atoms. The molecule has 0 aliphatic rings. The average Bonchev–Trinajstić information content (AvgIpc) is 2.59. The third-order valence-electron chi connectivity index (χ3n) is 2.63. The molecule has 2 rings (SSSR count). The highest BCUT2D eigenvalue weighted by Crippen LogP contribution is 2.22. The maximum atomic E-state index is 6.07. The Hall–Kier alpha value is -1.28. The van der Waals surface area contributed by atoms with Gasteiger partial charge in [0.25, 0.3) is 0 Å². The Morgan fingerprint density at radius 1 is 1.21 bits per heavy atom. The highest BCUT2D eigenvalue weighted by atomic mass is 14.8. The van der Waals surface area contributed by atoms with E-state index in [1.54, 1.807) is 0 Å². The van der Waals surface area contributed by atoms with Crippen LogP contribution < -0.4 is 5.73 Å². The predicted molar refractivity (Wildman–Crippen MR) is 60.1 cm³/mol. The van der Waals surface area contributed by atoms with E-state index in [0.29, 0.717) is 5.92 Å². The third-order valence-corrected chi connectivity index (χ3v) is 2.63. The summed E-state index contributed by atoms with van der Waals surface area (Å²) < 4.78 is 0. The molecule has 0 fully saturated rings. The van der Waals surface area contributed by atoms with Gasteiger partial charge in [-0.25, -0.2) is 0 Å². The number of aromatic nitrogens is 1. The van der Waals surface area contributed by atoms with Crippen LogP contribution in [0.4, 0.5) is 0 Å². The van der Waals surface area contributed by atoms with E-state index in [-0.39, 0.29) is 6.04 Å². The van der Waals surface area contributed by atoms with Crippen LogP contribution in [0.15, 0.2) is 30.3 Å². The molecule has 2 heteroatoms. The van der Waals surface area contributed by atoms with Crippen molar-refractivity contribution < 1.29 is 0 Å². The van der Waals surface area contributed by atoms with E-state index in [1.807, 2.05) is 12.1 Å². The fourth-order valence-electron chi connectivity index (χ4n) is 1.63. The van der Waals surface area contributed by atoms with Crippen LogP contribution >= 0.6 is 0 Å². The number of para-hydroxylation sites is 1. The van der Waals surface area contributed by atoms with E-state index < -0.39 is 0 Å². The number of rotatable bonds is 2. The second-order valence-electron chi connectivity index (χ2n) is 4.08. The molecule has 14 heavy (non-hydrogen) atoms. The molecule has 0 aliphatic carbocycles. The minimum absolute atomic E-state index is 0.0994. The number of H-pyrrole nitrogens is 1. The standard InChI is InChI=1S/C12H16N2/c1-8(2)12(13)11-7-9-5-3-4-6-10(9)14-11/h3-8,12,14H,13H2,1-2H3. The molecule has 1 atom stereocenters. The minimum atomic E-state index is 0.0994. The lowest BCUT2D eigenvalue weighted by atomic mass is 10.0.